The molecule has 0 atom stereocenters. The van der Waals surface area contributed by atoms with E-state index >= 15 is 0 Å². The van der Waals surface area contributed by atoms with Crippen LogP contribution < -0.4 is 10.6 Å². The van der Waals surface area contributed by atoms with Crippen LogP contribution in [0.4, 0.5) is 5.82 Å². The van der Waals surface area contributed by atoms with Gasteiger partial charge in [0.15, 0.2) is 0 Å². The standard InChI is InChI=1S/C11H17ClN4/c1-3-7-16(4-2)11-9(12)8(10(13)14)5-6-15-11/h5-6H,3-4,7H2,1-2H3,(H3,13,14). The van der Waals surface area contributed by atoms with Gasteiger partial charge in [0, 0.05) is 24.8 Å². The fourth-order valence-electron chi connectivity index (χ4n) is 1.54. The summed E-state index contributed by atoms with van der Waals surface area (Å²) < 4.78 is 0. The Hall–Kier alpha value is -1.29. The molecule has 0 aromatic carbocycles. The number of hydrogen-bond acceptors (Lipinski definition) is 3. The first kappa shape index (κ1) is 12.8. The van der Waals surface area contributed by atoms with Gasteiger partial charge in [0.05, 0.1) is 5.02 Å². The molecule has 88 valence electrons. The van der Waals surface area contributed by atoms with E-state index in [2.05, 4.69) is 16.8 Å². The van der Waals surface area contributed by atoms with Crippen LogP contribution in [0.3, 0.4) is 0 Å². The van der Waals surface area contributed by atoms with E-state index < -0.39 is 0 Å². The molecular weight excluding hydrogens is 224 g/mol. The predicted octanol–water partition coefficient (Wildman–Crippen LogP) is 2.26. The van der Waals surface area contributed by atoms with Crippen molar-refractivity contribution in [3.63, 3.8) is 0 Å². The summed E-state index contributed by atoms with van der Waals surface area (Å²) in [7, 11) is 0. The van der Waals surface area contributed by atoms with E-state index in [4.69, 9.17) is 22.7 Å². The second-order valence-corrected chi connectivity index (χ2v) is 3.87. The Labute approximate surface area is 101 Å². The normalized spacial score (nSPS) is 10.2. The van der Waals surface area contributed by atoms with E-state index in [9.17, 15) is 0 Å². The molecular formula is C11H17ClN4. The van der Waals surface area contributed by atoms with Crippen molar-refractivity contribution in [1.29, 1.82) is 5.41 Å². The molecule has 0 aliphatic heterocycles. The number of halogens is 1. The maximum absolute atomic E-state index is 7.42. The number of anilines is 1. The van der Waals surface area contributed by atoms with Crippen molar-refractivity contribution < 1.29 is 0 Å². The van der Waals surface area contributed by atoms with Gasteiger partial charge in [0.25, 0.3) is 0 Å². The molecule has 0 bridgehead atoms. The van der Waals surface area contributed by atoms with Crippen molar-refractivity contribution in [2.75, 3.05) is 18.0 Å². The smallest absolute Gasteiger partial charge is 0.148 e. The van der Waals surface area contributed by atoms with Gasteiger partial charge in [-0.2, -0.15) is 0 Å². The molecule has 0 fully saturated rings. The van der Waals surface area contributed by atoms with Crippen LogP contribution in [0.5, 0.6) is 0 Å². The Balaban J connectivity index is 3.12. The van der Waals surface area contributed by atoms with Crippen molar-refractivity contribution in [1.82, 2.24) is 4.98 Å². The van der Waals surface area contributed by atoms with Gasteiger partial charge in [-0.3, -0.25) is 5.41 Å². The van der Waals surface area contributed by atoms with E-state index in [1.165, 1.54) is 0 Å². The highest BCUT2D eigenvalue weighted by Gasteiger charge is 2.14. The average molecular weight is 241 g/mol. The molecule has 0 saturated heterocycles. The summed E-state index contributed by atoms with van der Waals surface area (Å²) >= 11 is 6.19. The Morgan fingerprint density at radius 1 is 1.56 bits per heavy atom. The molecule has 1 aromatic heterocycles. The second-order valence-electron chi connectivity index (χ2n) is 3.49. The fraction of sp³-hybridized carbons (Fsp3) is 0.455. The number of nitrogens with zero attached hydrogens (tertiary/aromatic N) is 2. The van der Waals surface area contributed by atoms with Gasteiger partial charge >= 0.3 is 0 Å². The largest absolute Gasteiger partial charge is 0.384 e. The Morgan fingerprint density at radius 2 is 2.25 bits per heavy atom. The minimum absolute atomic E-state index is 0.0267. The van der Waals surface area contributed by atoms with Crippen LogP contribution in [0.1, 0.15) is 25.8 Å². The number of nitrogens with one attached hydrogen (secondary N) is 1. The monoisotopic (exact) mass is 240 g/mol. The lowest BCUT2D eigenvalue weighted by atomic mass is 10.2. The number of amidine groups is 1. The summed E-state index contributed by atoms with van der Waals surface area (Å²) in [6.45, 7) is 5.88. The molecule has 1 heterocycles. The van der Waals surface area contributed by atoms with Gasteiger partial charge in [-0.05, 0) is 19.4 Å². The summed E-state index contributed by atoms with van der Waals surface area (Å²) in [5, 5.41) is 7.88. The van der Waals surface area contributed by atoms with E-state index in [1.54, 1.807) is 12.3 Å². The SMILES string of the molecule is CCCN(CC)c1nccc(C(=N)N)c1Cl. The van der Waals surface area contributed by atoms with Crippen molar-refractivity contribution in [2.45, 2.75) is 20.3 Å². The van der Waals surface area contributed by atoms with E-state index in [1.807, 2.05) is 6.92 Å². The lowest BCUT2D eigenvalue weighted by molar-refractivity contribution is 0.778. The van der Waals surface area contributed by atoms with Crippen LogP contribution in [0.25, 0.3) is 0 Å². The molecule has 0 aliphatic carbocycles. The first-order valence-corrected chi connectivity index (χ1v) is 5.73. The third-order valence-corrected chi connectivity index (χ3v) is 2.71. The number of hydrogen-bond donors (Lipinski definition) is 2. The maximum Gasteiger partial charge on any atom is 0.148 e. The Morgan fingerprint density at radius 3 is 2.75 bits per heavy atom. The third-order valence-electron chi connectivity index (χ3n) is 2.34. The summed E-state index contributed by atoms with van der Waals surface area (Å²) in [5.41, 5.74) is 5.99. The quantitative estimate of drug-likeness (QED) is 0.613. The summed E-state index contributed by atoms with van der Waals surface area (Å²) in [4.78, 5) is 6.33. The number of pyridine rings is 1. The van der Waals surface area contributed by atoms with Crippen molar-refractivity contribution in [3.05, 3.63) is 22.8 Å². The number of aromatic nitrogens is 1. The average Bonchev–Trinajstić information content (AvgIpc) is 2.26. The number of nitrogens with two attached hydrogens (primary N) is 1. The molecule has 0 radical (unpaired) electrons. The Kier molecular flexibility index (Phi) is 4.55. The van der Waals surface area contributed by atoms with Gasteiger partial charge in [-0.15, -0.1) is 0 Å². The molecule has 0 spiro atoms. The van der Waals surface area contributed by atoms with Gasteiger partial charge in [-0.25, -0.2) is 4.98 Å². The first-order chi connectivity index (χ1) is 7.61. The highest BCUT2D eigenvalue weighted by Crippen LogP contribution is 2.26. The molecule has 16 heavy (non-hydrogen) atoms. The fourth-order valence-corrected chi connectivity index (χ4v) is 1.88. The van der Waals surface area contributed by atoms with Crippen LogP contribution in [0.2, 0.25) is 5.02 Å². The zero-order valence-corrected chi connectivity index (χ0v) is 10.4. The molecule has 0 aliphatic rings. The molecule has 3 N–H and O–H groups in total. The van der Waals surface area contributed by atoms with Crippen LogP contribution in [0, 0.1) is 5.41 Å². The molecule has 4 nitrogen and oxygen atoms in total. The highest BCUT2D eigenvalue weighted by atomic mass is 35.5. The number of rotatable bonds is 5. The molecule has 5 heteroatoms. The van der Waals surface area contributed by atoms with Crippen molar-refractivity contribution in [3.8, 4) is 0 Å². The summed E-state index contributed by atoms with van der Waals surface area (Å²) in [6, 6.07) is 1.66. The van der Waals surface area contributed by atoms with Gasteiger partial charge in [-0.1, -0.05) is 18.5 Å². The summed E-state index contributed by atoms with van der Waals surface area (Å²) in [5.74, 6) is 0.680. The lowest BCUT2D eigenvalue weighted by Crippen LogP contribution is -2.25. The first-order valence-electron chi connectivity index (χ1n) is 5.35. The van der Waals surface area contributed by atoms with Crippen molar-refractivity contribution >= 4 is 23.3 Å². The van der Waals surface area contributed by atoms with E-state index in [0.29, 0.717) is 16.4 Å². The predicted molar refractivity (Wildman–Crippen MR) is 68.4 cm³/mol. The summed E-state index contributed by atoms with van der Waals surface area (Å²) in [6.07, 6.45) is 2.66. The molecule has 1 rings (SSSR count). The maximum atomic E-state index is 7.42. The zero-order valence-electron chi connectivity index (χ0n) is 9.63. The van der Waals surface area contributed by atoms with Crippen molar-refractivity contribution in [2.24, 2.45) is 5.73 Å². The lowest BCUT2D eigenvalue weighted by Gasteiger charge is -2.22. The molecule has 1 aromatic rings. The van der Waals surface area contributed by atoms with Crippen LogP contribution in [-0.2, 0) is 0 Å². The zero-order chi connectivity index (χ0) is 12.1. The highest BCUT2D eigenvalue weighted by molar-refractivity contribution is 6.36. The van der Waals surface area contributed by atoms with E-state index in [-0.39, 0.29) is 5.84 Å². The Bertz CT molecular complexity index is 378. The molecule has 0 amide bonds. The second kappa shape index (κ2) is 5.70. The van der Waals surface area contributed by atoms with Gasteiger partial charge in [0.2, 0.25) is 0 Å². The van der Waals surface area contributed by atoms with E-state index in [0.717, 1.165) is 19.5 Å². The molecule has 0 unspecified atom stereocenters. The van der Waals surface area contributed by atoms with Gasteiger partial charge < -0.3 is 10.6 Å². The van der Waals surface area contributed by atoms with Crippen LogP contribution >= 0.6 is 11.6 Å². The third kappa shape index (κ3) is 2.64. The number of nitrogen functional groups attached to an aromatic ring is 1. The van der Waals surface area contributed by atoms with Gasteiger partial charge in [0.1, 0.15) is 11.7 Å². The minimum Gasteiger partial charge on any atom is -0.384 e. The topological polar surface area (TPSA) is 66.0 Å². The molecule has 0 saturated carbocycles. The minimum atomic E-state index is -0.0267. The van der Waals surface area contributed by atoms with Crippen LogP contribution in [0.15, 0.2) is 12.3 Å². The van der Waals surface area contributed by atoms with Crippen LogP contribution in [-0.4, -0.2) is 23.9 Å².